The molecule has 0 aliphatic heterocycles. The SMILES string of the molecule is CC(C)C(Br)CNC(=O)c1ccc(Br)cc1Br. The molecule has 0 bridgehead atoms. The van der Waals surface area contributed by atoms with Crippen molar-refractivity contribution in [3.63, 3.8) is 0 Å². The largest absolute Gasteiger partial charge is 0.351 e. The maximum Gasteiger partial charge on any atom is 0.252 e. The van der Waals surface area contributed by atoms with Crippen LogP contribution in [-0.2, 0) is 0 Å². The molecule has 94 valence electrons. The molecule has 5 heteroatoms. The first-order valence-electron chi connectivity index (χ1n) is 5.29. The van der Waals surface area contributed by atoms with Crippen LogP contribution in [0.5, 0.6) is 0 Å². The number of rotatable bonds is 4. The maximum atomic E-state index is 11.9. The van der Waals surface area contributed by atoms with Crippen molar-refractivity contribution in [2.45, 2.75) is 18.7 Å². The minimum absolute atomic E-state index is 0.0607. The van der Waals surface area contributed by atoms with Crippen molar-refractivity contribution in [2.75, 3.05) is 6.54 Å². The molecular formula is C12H14Br3NO. The topological polar surface area (TPSA) is 29.1 Å². The van der Waals surface area contributed by atoms with Gasteiger partial charge in [-0.05, 0) is 40.0 Å². The van der Waals surface area contributed by atoms with E-state index >= 15 is 0 Å². The molecule has 0 aromatic heterocycles. The molecule has 0 heterocycles. The molecule has 17 heavy (non-hydrogen) atoms. The highest BCUT2D eigenvalue weighted by atomic mass is 79.9. The minimum Gasteiger partial charge on any atom is -0.351 e. The van der Waals surface area contributed by atoms with Gasteiger partial charge in [0.15, 0.2) is 0 Å². The van der Waals surface area contributed by atoms with Gasteiger partial charge in [-0.3, -0.25) is 4.79 Å². The lowest BCUT2D eigenvalue weighted by molar-refractivity contribution is 0.0952. The number of carbonyl (C=O) groups excluding carboxylic acids is 1. The van der Waals surface area contributed by atoms with Crippen molar-refractivity contribution in [1.29, 1.82) is 0 Å². The van der Waals surface area contributed by atoms with Gasteiger partial charge in [-0.1, -0.05) is 45.7 Å². The Morgan fingerprint density at radius 2 is 2.00 bits per heavy atom. The van der Waals surface area contributed by atoms with Gasteiger partial charge in [0.1, 0.15) is 0 Å². The van der Waals surface area contributed by atoms with Gasteiger partial charge in [0, 0.05) is 20.3 Å². The van der Waals surface area contributed by atoms with Crippen molar-refractivity contribution in [3.05, 3.63) is 32.7 Å². The van der Waals surface area contributed by atoms with Crippen LogP contribution in [0.15, 0.2) is 27.1 Å². The summed E-state index contributed by atoms with van der Waals surface area (Å²) < 4.78 is 1.74. The second kappa shape index (κ2) is 6.90. The number of hydrogen-bond acceptors (Lipinski definition) is 1. The molecule has 0 saturated carbocycles. The fraction of sp³-hybridized carbons (Fsp3) is 0.417. The lowest BCUT2D eigenvalue weighted by atomic mass is 10.1. The van der Waals surface area contributed by atoms with Crippen molar-refractivity contribution in [2.24, 2.45) is 5.92 Å². The zero-order valence-corrected chi connectivity index (χ0v) is 14.4. The third kappa shape index (κ3) is 4.72. The summed E-state index contributed by atoms with van der Waals surface area (Å²) in [7, 11) is 0. The Morgan fingerprint density at radius 1 is 1.35 bits per heavy atom. The highest BCUT2D eigenvalue weighted by Gasteiger charge is 2.13. The van der Waals surface area contributed by atoms with Crippen LogP contribution in [0, 0.1) is 5.92 Å². The molecule has 1 atom stereocenters. The Bertz CT molecular complexity index is 407. The van der Waals surface area contributed by atoms with Crippen molar-refractivity contribution < 1.29 is 4.79 Å². The molecule has 0 radical (unpaired) electrons. The molecule has 1 N–H and O–H groups in total. The van der Waals surface area contributed by atoms with E-state index in [0.29, 0.717) is 22.9 Å². The van der Waals surface area contributed by atoms with Crippen molar-refractivity contribution in [3.8, 4) is 0 Å². The van der Waals surface area contributed by atoms with Gasteiger partial charge in [-0.25, -0.2) is 0 Å². The second-order valence-corrected chi connectivity index (χ2v) is 7.04. The third-order valence-electron chi connectivity index (χ3n) is 2.36. The van der Waals surface area contributed by atoms with Gasteiger partial charge in [-0.2, -0.15) is 0 Å². The molecule has 0 saturated heterocycles. The second-order valence-electron chi connectivity index (χ2n) is 4.09. The van der Waals surface area contributed by atoms with Gasteiger partial charge in [0.05, 0.1) is 5.56 Å². The lowest BCUT2D eigenvalue weighted by Crippen LogP contribution is -2.31. The molecule has 0 aliphatic carbocycles. The van der Waals surface area contributed by atoms with Crippen LogP contribution in [0.3, 0.4) is 0 Å². The molecule has 2 nitrogen and oxygen atoms in total. The van der Waals surface area contributed by atoms with E-state index in [-0.39, 0.29) is 5.91 Å². The normalized spacial score (nSPS) is 12.6. The van der Waals surface area contributed by atoms with Crippen molar-refractivity contribution in [1.82, 2.24) is 5.32 Å². The van der Waals surface area contributed by atoms with E-state index in [9.17, 15) is 4.79 Å². The number of alkyl halides is 1. The standard InChI is InChI=1S/C12H14Br3NO/c1-7(2)11(15)6-16-12(17)9-4-3-8(13)5-10(9)14/h3-5,7,11H,6H2,1-2H3,(H,16,17). The Balaban J connectivity index is 2.64. The molecule has 1 amide bonds. The van der Waals surface area contributed by atoms with Gasteiger partial charge < -0.3 is 5.32 Å². The average Bonchev–Trinajstić information content (AvgIpc) is 2.25. The predicted octanol–water partition coefficient (Wildman–Crippen LogP) is 4.36. The molecule has 0 fully saturated rings. The number of nitrogens with one attached hydrogen (secondary N) is 1. The number of halogens is 3. The van der Waals surface area contributed by atoms with E-state index in [2.05, 4.69) is 67.0 Å². The molecule has 1 aromatic carbocycles. The van der Waals surface area contributed by atoms with E-state index < -0.39 is 0 Å². The Labute approximate surface area is 127 Å². The predicted molar refractivity (Wildman–Crippen MR) is 81.7 cm³/mol. The fourth-order valence-electron chi connectivity index (χ4n) is 1.19. The number of amides is 1. The van der Waals surface area contributed by atoms with Crippen LogP contribution in [0.2, 0.25) is 0 Å². The first kappa shape index (κ1) is 15.2. The van der Waals surface area contributed by atoms with Gasteiger partial charge >= 0.3 is 0 Å². The lowest BCUT2D eigenvalue weighted by Gasteiger charge is -2.14. The third-order valence-corrected chi connectivity index (χ3v) is 4.89. The summed E-state index contributed by atoms with van der Waals surface area (Å²) in [6.07, 6.45) is 0. The summed E-state index contributed by atoms with van der Waals surface area (Å²) in [6.45, 7) is 4.85. The highest BCUT2D eigenvalue weighted by molar-refractivity contribution is 9.11. The van der Waals surface area contributed by atoms with E-state index in [1.54, 1.807) is 6.07 Å². The van der Waals surface area contributed by atoms with Crippen LogP contribution >= 0.6 is 47.8 Å². The first-order chi connectivity index (χ1) is 7.91. The molecule has 1 unspecified atom stereocenters. The molecule has 1 aromatic rings. The smallest absolute Gasteiger partial charge is 0.252 e. The van der Waals surface area contributed by atoms with E-state index in [1.165, 1.54) is 0 Å². The zero-order chi connectivity index (χ0) is 13.0. The Kier molecular flexibility index (Phi) is 6.17. The number of hydrogen-bond donors (Lipinski definition) is 1. The molecule has 1 rings (SSSR count). The van der Waals surface area contributed by atoms with E-state index in [1.807, 2.05) is 12.1 Å². The molecule has 0 aliphatic rings. The number of benzene rings is 1. The monoisotopic (exact) mass is 425 g/mol. The van der Waals surface area contributed by atoms with Crippen LogP contribution in [0.4, 0.5) is 0 Å². The fourth-order valence-corrected chi connectivity index (χ4v) is 2.58. The Morgan fingerprint density at radius 3 is 2.53 bits per heavy atom. The van der Waals surface area contributed by atoms with Gasteiger partial charge in [-0.15, -0.1) is 0 Å². The van der Waals surface area contributed by atoms with Gasteiger partial charge in [0.2, 0.25) is 0 Å². The highest BCUT2D eigenvalue weighted by Crippen LogP contribution is 2.22. The maximum absolute atomic E-state index is 11.9. The first-order valence-corrected chi connectivity index (χ1v) is 7.79. The van der Waals surface area contributed by atoms with Crippen LogP contribution in [-0.4, -0.2) is 17.3 Å². The zero-order valence-electron chi connectivity index (χ0n) is 9.64. The summed E-state index contributed by atoms with van der Waals surface area (Å²) in [5.41, 5.74) is 0.650. The van der Waals surface area contributed by atoms with Gasteiger partial charge in [0.25, 0.3) is 5.91 Å². The summed E-state index contributed by atoms with van der Waals surface area (Å²) in [4.78, 5) is 12.2. The molecular weight excluding hydrogens is 414 g/mol. The van der Waals surface area contributed by atoms with Crippen LogP contribution in [0.25, 0.3) is 0 Å². The van der Waals surface area contributed by atoms with Crippen LogP contribution < -0.4 is 5.32 Å². The number of carbonyl (C=O) groups is 1. The Hall–Kier alpha value is 0.130. The summed E-state index contributed by atoms with van der Waals surface area (Å²) in [5.74, 6) is 0.429. The van der Waals surface area contributed by atoms with Crippen LogP contribution in [0.1, 0.15) is 24.2 Å². The minimum atomic E-state index is -0.0607. The van der Waals surface area contributed by atoms with E-state index in [0.717, 1.165) is 8.95 Å². The average molecular weight is 428 g/mol. The summed E-state index contributed by atoms with van der Waals surface area (Å²) >= 11 is 10.3. The van der Waals surface area contributed by atoms with E-state index in [4.69, 9.17) is 0 Å². The summed E-state index contributed by atoms with van der Waals surface area (Å²) in [5, 5.41) is 2.91. The van der Waals surface area contributed by atoms with Crippen molar-refractivity contribution >= 4 is 53.7 Å². The quantitative estimate of drug-likeness (QED) is 0.710. The summed E-state index contributed by atoms with van der Waals surface area (Å²) in [6, 6.07) is 5.51. The molecule has 0 spiro atoms.